The average molecular weight is 262 g/mol. The molecule has 1 atom stereocenters. The molecule has 0 aromatic rings. The molecule has 0 spiro atoms. The van der Waals surface area contributed by atoms with Crippen molar-refractivity contribution in [1.82, 2.24) is 5.32 Å². The molecule has 0 aromatic heterocycles. The third-order valence-electron chi connectivity index (χ3n) is 2.52. The van der Waals surface area contributed by atoms with Gasteiger partial charge in [-0.25, -0.2) is 4.99 Å². The van der Waals surface area contributed by atoms with Crippen LogP contribution in [0.1, 0.15) is 26.7 Å². The second kappa shape index (κ2) is 6.64. The summed E-state index contributed by atoms with van der Waals surface area (Å²) in [4.78, 5) is 27.5. The van der Waals surface area contributed by atoms with E-state index in [-0.39, 0.29) is 46.6 Å². The van der Waals surface area contributed by atoms with Crippen LogP contribution in [0.4, 0.5) is 0 Å². The molecule has 0 saturated carbocycles. The molecule has 0 aliphatic carbocycles. The molecule has 6 heteroatoms. The summed E-state index contributed by atoms with van der Waals surface area (Å²) in [5.74, 6) is -0.586. The number of hydrogen-bond acceptors (Lipinski definition) is 3. The van der Waals surface area contributed by atoms with Crippen LogP contribution < -0.4 is 34.9 Å². The zero-order valence-corrected chi connectivity index (χ0v) is 13.3. The summed E-state index contributed by atoms with van der Waals surface area (Å²) in [5.41, 5.74) is -1.11. The largest absolute Gasteiger partial charge is 1.00 e. The van der Waals surface area contributed by atoms with Crippen LogP contribution in [0.5, 0.6) is 0 Å². The van der Waals surface area contributed by atoms with E-state index in [0.29, 0.717) is 12.8 Å². The van der Waals surface area contributed by atoms with Crippen LogP contribution in [-0.4, -0.2) is 17.0 Å². The van der Waals surface area contributed by atoms with E-state index in [1.54, 1.807) is 6.08 Å². The molecule has 1 N–H and O–H groups in total. The van der Waals surface area contributed by atoms with Gasteiger partial charge < -0.3 is 17.9 Å². The van der Waals surface area contributed by atoms with E-state index in [9.17, 15) is 9.59 Å². The summed E-state index contributed by atoms with van der Waals surface area (Å²) in [6, 6.07) is 0. The van der Waals surface area contributed by atoms with Crippen molar-refractivity contribution in [3.05, 3.63) is 12.7 Å². The molecule has 1 heterocycles. The summed E-state index contributed by atoms with van der Waals surface area (Å²) >= 11 is 4.71. The van der Waals surface area contributed by atoms with E-state index in [0.717, 1.165) is 0 Å². The predicted molar refractivity (Wildman–Crippen MR) is 64.7 cm³/mol. The molecule has 17 heavy (non-hydrogen) atoms. The van der Waals surface area contributed by atoms with Crippen molar-refractivity contribution >= 4 is 29.6 Å². The Morgan fingerprint density at radius 3 is 2.53 bits per heavy atom. The fraction of sp³-hybridized carbons (Fsp3) is 0.545. The molecular weight excluding hydrogens is 247 g/mol. The first-order chi connectivity index (χ1) is 7.42. The number of amidine groups is 1. The second-order valence-corrected chi connectivity index (χ2v) is 4.74. The van der Waals surface area contributed by atoms with E-state index in [4.69, 9.17) is 12.6 Å². The summed E-state index contributed by atoms with van der Waals surface area (Å²) in [5, 5.41) is 2.40. The summed E-state index contributed by atoms with van der Waals surface area (Å²) in [6.07, 6.45) is 2.32. The van der Waals surface area contributed by atoms with E-state index in [2.05, 4.69) is 16.9 Å². The fourth-order valence-electron chi connectivity index (χ4n) is 1.93. The third-order valence-corrected chi connectivity index (χ3v) is 2.71. The van der Waals surface area contributed by atoms with Crippen LogP contribution in [-0.2, 0) is 22.2 Å². The topological polar surface area (TPSA) is 58.5 Å². The number of amides is 2. The van der Waals surface area contributed by atoms with Gasteiger partial charge in [0.1, 0.15) is 5.41 Å². The van der Waals surface area contributed by atoms with Crippen LogP contribution in [0.3, 0.4) is 0 Å². The SMILES string of the molecule is C=CCC1(CC(C)C)C(=O)N=C([S-])NC1=O.[Na+]. The monoisotopic (exact) mass is 262 g/mol. The molecule has 88 valence electrons. The van der Waals surface area contributed by atoms with Gasteiger partial charge in [-0.05, 0) is 23.9 Å². The first kappa shape index (κ1) is 16.8. The number of allylic oxidation sites excluding steroid dienone is 1. The fourth-order valence-corrected chi connectivity index (χ4v) is 2.10. The maximum Gasteiger partial charge on any atom is 1.00 e. The van der Waals surface area contributed by atoms with E-state index in [1.165, 1.54) is 0 Å². The van der Waals surface area contributed by atoms with Gasteiger partial charge in [-0.1, -0.05) is 19.9 Å². The Bertz CT molecular complexity index is 368. The standard InChI is InChI=1S/C11H16N2O2S.Na/c1-4-5-11(6-7(2)3)8(14)12-10(16)13-9(11)15;/h4,7H,1,5-6H2,2-3H3,(H2,12,13,14,15,16);/q;+1/p-1. The van der Waals surface area contributed by atoms with E-state index >= 15 is 0 Å². The van der Waals surface area contributed by atoms with Gasteiger partial charge in [-0.3, -0.25) is 9.59 Å². The van der Waals surface area contributed by atoms with Crippen molar-refractivity contribution in [2.45, 2.75) is 26.7 Å². The van der Waals surface area contributed by atoms with Crippen molar-refractivity contribution in [3.8, 4) is 0 Å². The van der Waals surface area contributed by atoms with Gasteiger partial charge in [0.15, 0.2) is 0 Å². The van der Waals surface area contributed by atoms with Gasteiger partial charge in [-0.2, -0.15) is 0 Å². The van der Waals surface area contributed by atoms with Crippen molar-refractivity contribution in [2.75, 3.05) is 0 Å². The Labute approximate surface area is 129 Å². The minimum Gasteiger partial charge on any atom is -0.742 e. The molecule has 0 saturated heterocycles. The number of aliphatic imine (C=N–C) groups is 1. The van der Waals surface area contributed by atoms with Crippen LogP contribution in [0, 0.1) is 11.3 Å². The maximum atomic E-state index is 11.9. The Balaban J connectivity index is 0.00000256. The van der Waals surface area contributed by atoms with Gasteiger partial charge in [0, 0.05) is 0 Å². The first-order valence-corrected chi connectivity index (χ1v) is 5.55. The number of nitrogens with zero attached hydrogens (tertiary/aromatic N) is 1. The molecule has 1 unspecified atom stereocenters. The summed E-state index contributed by atoms with van der Waals surface area (Å²) in [7, 11) is 0. The number of hydrogen-bond donors (Lipinski definition) is 1. The third kappa shape index (κ3) is 3.61. The maximum absolute atomic E-state index is 11.9. The number of rotatable bonds is 4. The smallest absolute Gasteiger partial charge is 0.742 e. The zero-order valence-electron chi connectivity index (χ0n) is 10.4. The number of carbonyl (C=O) groups is 2. The minimum absolute atomic E-state index is 0. The minimum atomic E-state index is -1.11. The quantitative estimate of drug-likeness (QED) is 0.280. The zero-order chi connectivity index (χ0) is 12.3. The predicted octanol–water partition coefficient (Wildman–Crippen LogP) is -1.84. The van der Waals surface area contributed by atoms with Crippen LogP contribution in [0.25, 0.3) is 0 Å². The molecular formula is C11H15N2NaO2S. The molecule has 1 aliphatic heterocycles. The Hall–Kier alpha value is -0.230. The van der Waals surface area contributed by atoms with Crippen LogP contribution in [0.2, 0.25) is 0 Å². The van der Waals surface area contributed by atoms with Crippen molar-refractivity contribution in [3.63, 3.8) is 0 Å². The van der Waals surface area contributed by atoms with E-state index in [1.807, 2.05) is 13.8 Å². The van der Waals surface area contributed by atoms with Crippen molar-refractivity contribution < 1.29 is 39.1 Å². The van der Waals surface area contributed by atoms with Gasteiger partial charge in [0.25, 0.3) is 5.91 Å². The second-order valence-electron chi connectivity index (χ2n) is 4.35. The molecule has 0 fully saturated rings. The number of carbonyl (C=O) groups excluding carboxylic acids is 2. The summed E-state index contributed by atoms with van der Waals surface area (Å²) < 4.78 is 0. The van der Waals surface area contributed by atoms with E-state index < -0.39 is 11.3 Å². The van der Waals surface area contributed by atoms with Gasteiger partial charge in [0.05, 0.1) is 0 Å². The van der Waals surface area contributed by atoms with Crippen LogP contribution >= 0.6 is 0 Å². The average Bonchev–Trinajstić information content (AvgIpc) is 2.13. The first-order valence-electron chi connectivity index (χ1n) is 5.15. The van der Waals surface area contributed by atoms with Gasteiger partial charge >= 0.3 is 29.6 Å². The van der Waals surface area contributed by atoms with Gasteiger partial charge in [0.2, 0.25) is 5.91 Å². The Kier molecular flexibility index (Phi) is 6.55. The molecule has 1 rings (SSSR count). The normalized spacial score (nSPS) is 23.8. The molecule has 2 amide bonds. The molecule has 1 aliphatic rings. The Morgan fingerprint density at radius 2 is 2.12 bits per heavy atom. The molecule has 0 aromatic carbocycles. The van der Waals surface area contributed by atoms with Crippen LogP contribution in [0.15, 0.2) is 17.6 Å². The number of nitrogens with one attached hydrogen (secondary N) is 1. The summed E-state index contributed by atoms with van der Waals surface area (Å²) in [6.45, 7) is 7.50. The van der Waals surface area contributed by atoms with Crippen molar-refractivity contribution in [1.29, 1.82) is 0 Å². The molecule has 0 bridgehead atoms. The van der Waals surface area contributed by atoms with Gasteiger partial charge in [-0.15, -0.1) is 6.58 Å². The molecule has 0 radical (unpaired) electrons. The van der Waals surface area contributed by atoms with Crippen molar-refractivity contribution in [2.24, 2.45) is 16.3 Å². The Morgan fingerprint density at radius 1 is 1.53 bits per heavy atom. The molecule has 4 nitrogen and oxygen atoms in total.